The monoisotopic (exact) mass is 220 g/mol. The van der Waals surface area contributed by atoms with E-state index < -0.39 is 0 Å². The van der Waals surface area contributed by atoms with Crippen LogP contribution in [0.2, 0.25) is 0 Å². The molecule has 0 spiro atoms. The van der Waals surface area contributed by atoms with Crippen molar-refractivity contribution in [1.82, 2.24) is 0 Å². The normalized spacial score (nSPS) is 13.2. The van der Waals surface area contributed by atoms with Crippen molar-refractivity contribution in [1.29, 1.82) is 0 Å². The highest BCUT2D eigenvalue weighted by molar-refractivity contribution is 7.78. The number of aliphatic imine (C=N–C) groups is 1. The maximum Gasteiger partial charge on any atom is 0.0807 e. The van der Waals surface area contributed by atoms with Gasteiger partial charge in [-0.1, -0.05) is 0 Å². The molecule has 0 aromatic carbocycles. The lowest BCUT2D eigenvalue weighted by molar-refractivity contribution is 0.185. The van der Waals surface area contributed by atoms with Gasteiger partial charge in [-0.05, 0) is 26.1 Å². The summed E-state index contributed by atoms with van der Waals surface area (Å²) in [6.45, 7) is 5.09. The molecule has 4 nitrogen and oxygen atoms in total. The van der Waals surface area contributed by atoms with Gasteiger partial charge >= 0.3 is 0 Å². The van der Waals surface area contributed by atoms with Crippen molar-refractivity contribution in [2.24, 2.45) is 10.7 Å². The van der Waals surface area contributed by atoms with Gasteiger partial charge < -0.3 is 15.2 Å². The Balaban J connectivity index is 0. The van der Waals surface area contributed by atoms with E-state index in [0.717, 1.165) is 0 Å². The van der Waals surface area contributed by atoms with Gasteiger partial charge in [-0.3, -0.25) is 0 Å². The quantitative estimate of drug-likeness (QED) is 0.557. The summed E-state index contributed by atoms with van der Waals surface area (Å²) in [4.78, 5) is 3.75. The molecule has 0 radical (unpaired) electrons. The molecule has 0 aliphatic rings. The van der Waals surface area contributed by atoms with Gasteiger partial charge in [0.15, 0.2) is 0 Å². The first-order valence-electron chi connectivity index (χ1n) is 4.38. The average molecular weight is 220 g/mol. The molecule has 0 bridgehead atoms. The van der Waals surface area contributed by atoms with Crippen LogP contribution in [-0.4, -0.2) is 44.7 Å². The standard InChI is InChI=1S/C5H9NOS.C4H11NO/c1-5(3-7-2)6-4-8;1-4(5)3-6-2/h5H,3H2,1-2H3;4H,3,5H2,1-2H3/t5-;4-/m11/s1. The average Bonchev–Trinajstić information content (AvgIpc) is 2.05. The molecule has 0 saturated heterocycles. The molecule has 0 aromatic rings. The number of hydrogen-bond acceptors (Lipinski definition) is 5. The van der Waals surface area contributed by atoms with E-state index in [0.29, 0.717) is 13.2 Å². The predicted molar refractivity (Wildman–Crippen MR) is 61.9 cm³/mol. The van der Waals surface area contributed by atoms with Crippen LogP contribution in [-0.2, 0) is 9.47 Å². The third-order valence-electron chi connectivity index (χ3n) is 1.11. The van der Waals surface area contributed by atoms with Gasteiger partial charge in [0.05, 0.1) is 24.4 Å². The van der Waals surface area contributed by atoms with E-state index in [-0.39, 0.29) is 12.1 Å². The minimum atomic E-state index is 0.150. The zero-order valence-electron chi connectivity index (χ0n) is 9.32. The molecule has 0 aliphatic heterocycles. The number of nitrogens with zero attached hydrogens (tertiary/aromatic N) is 1. The molecular formula is C9H20N2O2S. The third-order valence-corrected chi connectivity index (χ3v) is 1.22. The zero-order valence-corrected chi connectivity index (χ0v) is 10.1. The van der Waals surface area contributed by atoms with Crippen molar-refractivity contribution < 1.29 is 9.47 Å². The molecule has 0 aromatic heterocycles. The fraction of sp³-hybridized carbons (Fsp3) is 0.889. The van der Waals surface area contributed by atoms with Crippen LogP contribution >= 0.6 is 12.2 Å². The van der Waals surface area contributed by atoms with Crippen LogP contribution in [0.1, 0.15) is 13.8 Å². The second-order valence-electron chi connectivity index (χ2n) is 2.96. The lowest BCUT2D eigenvalue weighted by Crippen LogP contribution is -2.20. The van der Waals surface area contributed by atoms with Gasteiger partial charge in [0.2, 0.25) is 0 Å². The fourth-order valence-corrected chi connectivity index (χ4v) is 0.811. The minimum Gasteiger partial charge on any atom is -0.383 e. The van der Waals surface area contributed by atoms with Crippen LogP contribution in [0.5, 0.6) is 0 Å². The molecule has 0 saturated carbocycles. The second-order valence-corrected chi connectivity index (χ2v) is 3.14. The summed E-state index contributed by atoms with van der Waals surface area (Å²) >= 11 is 4.37. The van der Waals surface area contributed by atoms with Gasteiger partial charge in [-0.2, -0.15) is 0 Å². The maximum atomic E-state index is 5.28. The molecule has 5 heteroatoms. The molecule has 0 fully saturated rings. The van der Waals surface area contributed by atoms with E-state index in [1.807, 2.05) is 13.8 Å². The molecule has 84 valence electrons. The molecule has 2 N–H and O–H groups in total. The molecule has 0 amide bonds. The SMILES string of the molecule is COC[C@@H](C)N.COC[C@@H](C)N=C=S. The highest BCUT2D eigenvalue weighted by atomic mass is 32.1. The van der Waals surface area contributed by atoms with E-state index in [9.17, 15) is 0 Å². The largest absolute Gasteiger partial charge is 0.383 e. The zero-order chi connectivity index (χ0) is 11.4. The second kappa shape index (κ2) is 12.7. The number of hydrogen-bond donors (Lipinski definition) is 1. The topological polar surface area (TPSA) is 56.8 Å². The summed E-state index contributed by atoms with van der Waals surface area (Å²) in [5.74, 6) is 0. The highest BCUT2D eigenvalue weighted by Gasteiger charge is 1.92. The van der Waals surface area contributed by atoms with Crippen molar-refractivity contribution in [2.45, 2.75) is 25.9 Å². The summed E-state index contributed by atoms with van der Waals surface area (Å²) in [7, 11) is 3.28. The van der Waals surface area contributed by atoms with Crippen LogP contribution in [0.15, 0.2) is 4.99 Å². The summed E-state index contributed by atoms with van der Waals surface area (Å²) in [6, 6.07) is 0.326. The Labute approximate surface area is 91.5 Å². The van der Waals surface area contributed by atoms with Gasteiger partial charge in [0, 0.05) is 20.3 Å². The first-order valence-corrected chi connectivity index (χ1v) is 4.79. The third kappa shape index (κ3) is 17.7. The number of rotatable bonds is 5. The van der Waals surface area contributed by atoms with E-state index >= 15 is 0 Å². The van der Waals surface area contributed by atoms with E-state index in [4.69, 9.17) is 10.5 Å². The summed E-state index contributed by atoms with van der Waals surface area (Å²) in [5, 5.41) is 2.28. The van der Waals surface area contributed by atoms with Crippen LogP contribution < -0.4 is 5.73 Å². The highest BCUT2D eigenvalue weighted by Crippen LogP contribution is 1.85. The Morgan fingerprint density at radius 2 is 1.79 bits per heavy atom. The Morgan fingerprint density at radius 3 is 2.00 bits per heavy atom. The summed E-state index contributed by atoms with van der Waals surface area (Å²) in [6.07, 6.45) is 0. The number of nitrogens with two attached hydrogens (primary N) is 1. The fourth-order valence-electron chi connectivity index (χ4n) is 0.631. The van der Waals surface area contributed by atoms with Crippen LogP contribution in [0.3, 0.4) is 0 Å². The first kappa shape index (κ1) is 16.1. The summed E-state index contributed by atoms with van der Waals surface area (Å²) in [5.41, 5.74) is 5.28. The van der Waals surface area contributed by atoms with Crippen LogP contribution in [0.4, 0.5) is 0 Å². The van der Waals surface area contributed by atoms with Crippen molar-refractivity contribution in [3.05, 3.63) is 0 Å². The number of ether oxygens (including phenoxy) is 2. The molecular weight excluding hydrogens is 200 g/mol. The van der Waals surface area contributed by atoms with Gasteiger partial charge in [-0.25, -0.2) is 4.99 Å². The smallest absolute Gasteiger partial charge is 0.0807 e. The number of methoxy groups -OCH3 is 2. The van der Waals surface area contributed by atoms with Crippen molar-refractivity contribution >= 4 is 17.4 Å². The minimum absolute atomic E-state index is 0.150. The van der Waals surface area contributed by atoms with Gasteiger partial charge in [0.25, 0.3) is 0 Å². The van der Waals surface area contributed by atoms with E-state index in [2.05, 4.69) is 27.1 Å². The molecule has 2 atom stereocenters. The molecule has 14 heavy (non-hydrogen) atoms. The van der Waals surface area contributed by atoms with Gasteiger partial charge in [0.1, 0.15) is 0 Å². The molecule has 0 rings (SSSR count). The van der Waals surface area contributed by atoms with Crippen molar-refractivity contribution in [3.63, 3.8) is 0 Å². The van der Waals surface area contributed by atoms with Crippen molar-refractivity contribution in [3.8, 4) is 0 Å². The Morgan fingerprint density at radius 1 is 1.29 bits per heavy atom. The van der Waals surface area contributed by atoms with E-state index in [1.165, 1.54) is 0 Å². The lowest BCUT2D eigenvalue weighted by Gasteiger charge is -1.98. The van der Waals surface area contributed by atoms with Crippen molar-refractivity contribution in [2.75, 3.05) is 27.4 Å². The maximum absolute atomic E-state index is 5.28. The summed E-state index contributed by atoms with van der Waals surface area (Å²) < 4.78 is 9.45. The molecule has 0 heterocycles. The molecule has 0 aliphatic carbocycles. The molecule has 0 unspecified atom stereocenters. The Bertz CT molecular complexity index is 159. The first-order chi connectivity index (χ1) is 6.58. The Kier molecular flexibility index (Phi) is 14.6. The number of isothiocyanates is 1. The van der Waals surface area contributed by atoms with E-state index in [1.54, 1.807) is 14.2 Å². The predicted octanol–water partition coefficient (Wildman–Crippen LogP) is 1.10. The lowest BCUT2D eigenvalue weighted by atomic mass is 10.4. The van der Waals surface area contributed by atoms with Crippen LogP contribution in [0, 0.1) is 0 Å². The van der Waals surface area contributed by atoms with Gasteiger partial charge in [-0.15, -0.1) is 0 Å². The Hall–Kier alpha value is -0.320. The number of thiocarbonyl (C=S) groups is 1. The van der Waals surface area contributed by atoms with Crippen LogP contribution in [0.25, 0.3) is 0 Å².